The molecule has 0 bridgehead atoms. The van der Waals surface area contributed by atoms with E-state index in [1.807, 2.05) is 4.90 Å². The largest absolute Gasteiger partial charge is 0.396 e. The van der Waals surface area contributed by atoms with E-state index < -0.39 is 0 Å². The molecule has 0 radical (unpaired) electrons. The molecule has 1 amide bonds. The Balaban J connectivity index is 2.11. The third kappa shape index (κ3) is 2.86. The summed E-state index contributed by atoms with van der Waals surface area (Å²) in [7, 11) is 2.18. The first-order chi connectivity index (χ1) is 9.49. The van der Waals surface area contributed by atoms with Crippen molar-refractivity contribution >= 4 is 5.91 Å². The summed E-state index contributed by atoms with van der Waals surface area (Å²) in [6.45, 7) is 9.25. The maximum Gasteiger partial charge on any atom is 0.219 e. The Bertz CT molecular complexity index is 347. The van der Waals surface area contributed by atoms with Gasteiger partial charge in [-0.25, -0.2) is 0 Å². The Morgan fingerprint density at radius 2 is 2.05 bits per heavy atom. The lowest BCUT2D eigenvalue weighted by molar-refractivity contribution is -0.128. The highest BCUT2D eigenvalue weighted by Crippen LogP contribution is 2.41. The van der Waals surface area contributed by atoms with Crippen molar-refractivity contribution in [2.45, 2.75) is 39.7 Å². The molecule has 2 aliphatic rings. The van der Waals surface area contributed by atoms with Crippen LogP contribution in [0.15, 0.2) is 0 Å². The molecule has 4 unspecified atom stereocenters. The van der Waals surface area contributed by atoms with Crippen LogP contribution in [0.2, 0.25) is 0 Å². The summed E-state index contributed by atoms with van der Waals surface area (Å²) in [5.74, 6) is 2.21. The van der Waals surface area contributed by atoms with Gasteiger partial charge in [-0.3, -0.25) is 4.79 Å². The zero-order valence-corrected chi connectivity index (χ0v) is 13.4. The van der Waals surface area contributed by atoms with E-state index in [0.29, 0.717) is 29.7 Å². The van der Waals surface area contributed by atoms with Gasteiger partial charge in [-0.15, -0.1) is 0 Å². The van der Waals surface area contributed by atoms with Gasteiger partial charge in [-0.05, 0) is 24.8 Å². The number of rotatable bonds is 5. The minimum Gasteiger partial charge on any atom is -0.396 e. The molecule has 20 heavy (non-hydrogen) atoms. The lowest BCUT2D eigenvalue weighted by Gasteiger charge is -2.36. The van der Waals surface area contributed by atoms with Crippen LogP contribution in [-0.4, -0.2) is 60.1 Å². The van der Waals surface area contributed by atoms with Crippen molar-refractivity contribution in [2.75, 3.05) is 33.3 Å². The van der Waals surface area contributed by atoms with Gasteiger partial charge < -0.3 is 14.9 Å². The van der Waals surface area contributed by atoms with Crippen molar-refractivity contribution in [3.8, 4) is 0 Å². The number of nitrogens with zero attached hydrogens (tertiary/aromatic N) is 2. The van der Waals surface area contributed by atoms with Crippen molar-refractivity contribution in [3.05, 3.63) is 0 Å². The molecule has 0 saturated carbocycles. The molecule has 2 saturated heterocycles. The summed E-state index contributed by atoms with van der Waals surface area (Å²) in [6, 6.07) is 0.427. The summed E-state index contributed by atoms with van der Waals surface area (Å²) >= 11 is 0. The topological polar surface area (TPSA) is 43.8 Å². The Labute approximate surface area is 123 Å². The average molecular weight is 282 g/mol. The summed E-state index contributed by atoms with van der Waals surface area (Å²) in [6.07, 6.45) is 2.34. The van der Waals surface area contributed by atoms with Crippen LogP contribution < -0.4 is 0 Å². The van der Waals surface area contributed by atoms with E-state index in [-0.39, 0.29) is 12.5 Å². The van der Waals surface area contributed by atoms with Crippen LogP contribution >= 0.6 is 0 Å². The van der Waals surface area contributed by atoms with Crippen molar-refractivity contribution in [2.24, 2.45) is 23.7 Å². The van der Waals surface area contributed by atoms with Gasteiger partial charge in [0.2, 0.25) is 5.91 Å². The number of fused-ring (bicyclic) bond motifs is 1. The Morgan fingerprint density at radius 1 is 1.35 bits per heavy atom. The van der Waals surface area contributed by atoms with Gasteiger partial charge in [-0.1, -0.05) is 26.7 Å². The molecule has 0 spiro atoms. The van der Waals surface area contributed by atoms with Gasteiger partial charge in [-0.2, -0.15) is 0 Å². The molecule has 0 aromatic heterocycles. The molecule has 2 aliphatic heterocycles. The molecular weight excluding hydrogens is 252 g/mol. The van der Waals surface area contributed by atoms with E-state index in [1.165, 1.54) is 12.8 Å². The molecule has 4 nitrogen and oxygen atoms in total. The predicted octanol–water partition coefficient (Wildman–Crippen LogP) is 1.44. The van der Waals surface area contributed by atoms with E-state index in [2.05, 4.69) is 25.8 Å². The summed E-state index contributed by atoms with van der Waals surface area (Å²) < 4.78 is 0. The standard InChI is InChI=1S/C16H30N2O2/c1-5-6-11(2)15(10-19)16-14-9-18(12(3)20)8-13(14)7-17(16)4/h11,13-16,19H,5-10H2,1-4H3/t11-,13?,14?,15?,16?/m0/s1. The second-order valence-electron chi connectivity index (χ2n) is 6.89. The molecule has 0 aliphatic carbocycles. The highest BCUT2D eigenvalue weighted by molar-refractivity contribution is 5.73. The number of amides is 1. The maximum absolute atomic E-state index is 11.6. The minimum absolute atomic E-state index is 0.197. The number of likely N-dealkylation sites (tertiary alicyclic amines) is 2. The molecule has 4 heteroatoms. The fourth-order valence-corrected chi connectivity index (χ4v) is 4.49. The van der Waals surface area contributed by atoms with E-state index in [9.17, 15) is 9.90 Å². The van der Waals surface area contributed by atoms with E-state index in [0.717, 1.165) is 19.6 Å². The fraction of sp³-hybridized carbons (Fsp3) is 0.938. The quantitative estimate of drug-likeness (QED) is 0.830. The van der Waals surface area contributed by atoms with Crippen LogP contribution in [0.5, 0.6) is 0 Å². The number of aliphatic hydroxyl groups is 1. The maximum atomic E-state index is 11.6. The van der Waals surface area contributed by atoms with Gasteiger partial charge in [0, 0.05) is 45.1 Å². The molecule has 2 heterocycles. The SMILES string of the molecule is CCC[C@H](C)C(CO)C1C2CN(C(C)=O)CC2CN1C. The lowest BCUT2D eigenvalue weighted by Crippen LogP contribution is -2.44. The molecule has 2 rings (SSSR count). The molecule has 0 aromatic rings. The zero-order valence-electron chi connectivity index (χ0n) is 13.4. The molecule has 116 valence electrons. The average Bonchev–Trinajstić information content (AvgIpc) is 2.90. The van der Waals surface area contributed by atoms with E-state index in [4.69, 9.17) is 0 Å². The fourth-order valence-electron chi connectivity index (χ4n) is 4.49. The molecule has 1 N–H and O–H groups in total. The number of carbonyl (C=O) groups is 1. The van der Waals surface area contributed by atoms with Crippen molar-refractivity contribution in [3.63, 3.8) is 0 Å². The van der Waals surface area contributed by atoms with Gasteiger partial charge in [0.15, 0.2) is 0 Å². The molecule has 5 atom stereocenters. The van der Waals surface area contributed by atoms with Crippen LogP contribution in [0, 0.1) is 23.7 Å². The first-order valence-corrected chi connectivity index (χ1v) is 8.06. The Kier molecular flexibility index (Phi) is 5.08. The monoisotopic (exact) mass is 282 g/mol. The smallest absolute Gasteiger partial charge is 0.219 e. The van der Waals surface area contributed by atoms with Crippen LogP contribution in [0.3, 0.4) is 0 Å². The molecule has 0 aromatic carbocycles. The van der Waals surface area contributed by atoms with Gasteiger partial charge in [0.05, 0.1) is 0 Å². The predicted molar refractivity (Wildman–Crippen MR) is 80.3 cm³/mol. The normalized spacial score (nSPS) is 33.2. The second-order valence-corrected chi connectivity index (χ2v) is 6.89. The lowest BCUT2D eigenvalue weighted by atomic mass is 9.78. The van der Waals surface area contributed by atoms with Crippen LogP contribution in [-0.2, 0) is 4.79 Å². The summed E-state index contributed by atoms with van der Waals surface area (Å²) in [5.41, 5.74) is 0. The van der Waals surface area contributed by atoms with Crippen molar-refractivity contribution in [1.29, 1.82) is 0 Å². The highest BCUT2D eigenvalue weighted by atomic mass is 16.3. The van der Waals surface area contributed by atoms with E-state index >= 15 is 0 Å². The molecular formula is C16H30N2O2. The third-order valence-electron chi connectivity index (χ3n) is 5.53. The van der Waals surface area contributed by atoms with Gasteiger partial charge in [0.1, 0.15) is 0 Å². The number of hydrogen-bond donors (Lipinski definition) is 1. The number of aliphatic hydroxyl groups excluding tert-OH is 1. The van der Waals surface area contributed by atoms with Crippen molar-refractivity contribution in [1.82, 2.24) is 9.80 Å². The van der Waals surface area contributed by atoms with Crippen LogP contribution in [0.25, 0.3) is 0 Å². The molecule has 2 fully saturated rings. The Hall–Kier alpha value is -0.610. The number of carbonyl (C=O) groups excluding carboxylic acids is 1. The third-order valence-corrected chi connectivity index (χ3v) is 5.53. The number of hydrogen-bond acceptors (Lipinski definition) is 3. The summed E-state index contributed by atoms with van der Waals surface area (Å²) in [5, 5.41) is 9.89. The first-order valence-electron chi connectivity index (χ1n) is 8.06. The summed E-state index contributed by atoms with van der Waals surface area (Å²) in [4.78, 5) is 16.0. The first kappa shape index (κ1) is 15.8. The Morgan fingerprint density at radius 3 is 2.60 bits per heavy atom. The van der Waals surface area contributed by atoms with Gasteiger partial charge in [0.25, 0.3) is 0 Å². The minimum atomic E-state index is 0.197. The van der Waals surface area contributed by atoms with Gasteiger partial charge >= 0.3 is 0 Å². The van der Waals surface area contributed by atoms with E-state index in [1.54, 1.807) is 6.92 Å². The van der Waals surface area contributed by atoms with Crippen LogP contribution in [0.1, 0.15) is 33.6 Å². The second kappa shape index (κ2) is 6.44. The van der Waals surface area contributed by atoms with Crippen LogP contribution in [0.4, 0.5) is 0 Å². The highest BCUT2D eigenvalue weighted by Gasteiger charge is 2.49. The van der Waals surface area contributed by atoms with Crippen molar-refractivity contribution < 1.29 is 9.90 Å². The zero-order chi connectivity index (χ0) is 14.9.